The van der Waals surface area contributed by atoms with E-state index in [2.05, 4.69) is 5.32 Å². The number of carbonyl (C=O) groups is 3. The van der Waals surface area contributed by atoms with Crippen LogP contribution in [0.1, 0.15) is 27.7 Å². The molecule has 0 aliphatic carbocycles. The van der Waals surface area contributed by atoms with E-state index in [0.717, 1.165) is 0 Å². The molecular formula is C13H23N3O4. The Hall–Kier alpha value is -1.79. The molecule has 7 heteroatoms. The van der Waals surface area contributed by atoms with Gasteiger partial charge in [-0.3, -0.25) is 4.79 Å². The highest BCUT2D eigenvalue weighted by atomic mass is 16.4. The molecule has 20 heavy (non-hydrogen) atoms. The number of piperazine rings is 1. The first-order valence-electron chi connectivity index (χ1n) is 6.66. The summed E-state index contributed by atoms with van der Waals surface area (Å²) in [6.45, 7) is 8.59. The quantitative estimate of drug-likeness (QED) is 0.766. The smallest absolute Gasteiger partial charge is 0.326 e. The van der Waals surface area contributed by atoms with Gasteiger partial charge < -0.3 is 20.2 Å². The third-order valence-electron chi connectivity index (χ3n) is 3.39. The summed E-state index contributed by atoms with van der Waals surface area (Å²) >= 11 is 0. The number of carbonyl (C=O) groups excluding carboxylic acids is 2. The third kappa shape index (κ3) is 4.11. The van der Waals surface area contributed by atoms with Crippen molar-refractivity contribution < 1.29 is 19.5 Å². The van der Waals surface area contributed by atoms with Gasteiger partial charge in [0.2, 0.25) is 5.91 Å². The van der Waals surface area contributed by atoms with Gasteiger partial charge in [0.15, 0.2) is 0 Å². The fourth-order valence-electron chi connectivity index (χ4n) is 2.09. The minimum Gasteiger partial charge on any atom is -0.480 e. The molecule has 1 rings (SSSR count). The molecule has 1 unspecified atom stereocenters. The van der Waals surface area contributed by atoms with E-state index in [-0.39, 0.29) is 5.91 Å². The SMILES string of the molecule is CC(=O)N1CCN(C(=O)NC(C(=O)O)C(C)(C)C)CC1. The fraction of sp³-hybridized carbons (Fsp3) is 0.769. The molecule has 1 heterocycles. The van der Waals surface area contributed by atoms with Crippen LogP contribution in [0.2, 0.25) is 0 Å². The third-order valence-corrected chi connectivity index (χ3v) is 3.39. The lowest BCUT2D eigenvalue weighted by Gasteiger charge is -2.36. The molecule has 0 radical (unpaired) electrons. The van der Waals surface area contributed by atoms with E-state index >= 15 is 0 Å². The van der Waals surface area contributed by atoms with Crippen LogP contribution in [0, 0.1) is 5.41 Å². The topological polar surface area (TPSA) is 90.0 Å². The minimum absolute atomic E-state index is 0.0110. The molecule has 114 valence electrons. The van der Waals surface area contributed by atoms with E-state index in [0.29, 0.717) is 26.2 Å². The second-order valence-electron chi connectivity index (χ2n) is 6.08. The molecule has 0 spiro atoms. The minimum atomic E-state index is -1.05. The van der Waals surface area contributed by atoms with Crippen LogP contribution in [0.25, 0.3) is 0 Å². The van der Waals surface area contributed by atoms with Gasteiger partial charge in [0.25, 0.3) is 0 Å². The Morgan fingerprint density at radius 1 is 1.05 bits per heavy atom. The Kier molecular flexibility index (Phi) is 4.97. The number of urea groups is 1. The largest absolute Gasteiger partial charge is 0.480 e. The second-order valence-corrected chi connectivity index (χ2v) is 6.08. The molecule has 7 nitrogen and oxygen atoms in total. The van der Waals surface area contributed by atoms with Crippen molar-refractivity contribution in [3.05, 3.63) is 0 Å². The highest BCUT2D eigenvalue weighted by Crippen LogP contribution is 2.19. The van der Waals surface area contributed by atoms with Crippen LogP contribution >= 0.6 is 0 Å². The van der Waals surface area contributed by atoms with E-state index in [1.165, 1.54) is 6.92 Å². The highest BCUT2D eigenvalue weighted by Gasteiger charge is 2.34. The summed E-state index contributed by atoms with van der Waals surface area (Å²) in [5.74, 6) is -1.06. The van der Waals surface area contributed by atoms with Crippen molar-refractivity contribution in [2.45, 2.75) is 33.7 Å². The molecule has 1 aliphatic rings. The Morgan fingerprint density at radius 3 is 1.85 bits per heavy atom. The Labute approximate surface area is 118 Å². The van der Waals surface area contributed by atoms with Crippen molar-refractivity contribution in [2.24, 2.45) is 5.41 Å². The molecule has 3 amide bonds. The summed E-state index contributed by atoms with van der Waals surface area (Å²) in [6.07, 6.45) is 0. The predicted molar refractivity (Wildman–Crippen MR) is 73.2 cm³/mol. The maximum Gasteiger partial charge on any atom is 0.326 e. The molecule has 0 aromatic rings. The van der Waals surface area contributed by atoms with Crippen LogP contribution in [-0.2, 0) is 9.59 Å². The van der Waals surface area contributed by atoms with Crippen LogP contribution < -0.4 is 5.32 Å². The molecule has 2 N–H and O–H groups in total. The first-order chi connectivity index (χ1) is 9.12. The molecule has 0 bridgehead atoms. The average molecular weight is 285 g/mol. The summed E-state index contributed by atoms with van der Waals surface area (Å²) in [5, 5.41) is 11.7. The molecule has 0 saturated carbocycles. The summed E-state index contributed by atoms with van der Waals surface area (Å²) < 4.78 is 0. The molecule has 1 atom stereocenters. The Bertz CT molecular complexity index is 395. The number of hydrogen-bond acceptors (Lipinski definition) is 3. The van der Waals surface area contributed by atoms with E-state index in [1.807, 2.05) is 0 Å². The summed E-state index contributed by atoms with van der Waals surface area (Å²) in [6, 6.07) is -1.34. The number of hydrogen-bond donors (Lipinski definition) is 2. The standard InChI is InChI=1S/C13H23N3O4/c1-9(17)15-5-7-16(8-6-15)12(20)14-10(11(18)19)13(2,3)4/h10H,5-8H2,1-4H3,(H,14,20)(H,18,19). The van der Waals surface area contributed by atoms with Gasteiger partial charge in [-0.2, -0.15) is 0 Å². The van der Waals surface area contributed by atoms with Crippen molar-refractivity contribution in [3.63, 3.8) is 0 Å². The van der Waals surface area contributed by atoms with Gasteiger partial charge in [0.05, 0.1) is 0 Å². The molecule has 0 aromatic heterocycles. The van der Waals surface area contributed by atoms with Crippen molar-refractivity contribution >= 4 is 17.9 Å². The van der Waals surface area contributed by atoms with Crippen molar-refractivity contribution in [1.29, 1.82) is 0 Å². The highest BCUT2D eigenvalue weighted by molar-refractivity contribution is 5.83. The summed E-state index contributed by atoms with van der Waals surface area (Å²) in [4.78, 5) is 37.7. The maximum atomic E-state index is 12.1. The number of carboxylic acid groups (broad SMARTS) is 1. The summed E-state index contributed by atoms with van der Waals surface area (Å²) in [5.41, 5.74) is -0.567. The van der Waals surface area contributed by atoms with E-state index in [9.17, 15) is 19.5 Å². The predicted octanol–water partition coefficient (Wildman–Crippen LogP) is 0.359. The van der Waals surface area contributed by atoms with Crippen LogP contribution in [0.5, 0.6) is 0 Å². The summed E-state index contributed by atoms with van der Waals surface area (Å²) in [7, 11) is 0. The number of aliphatic carboxylic acids is 1. The van der Waals surface area contributed by atoms with Crippen molar-refractivity contribution in [1.82, 2.24) is 15.1 Å². The maximum absolute atomic E-state index is 12.1. The molecule has 1 aliphatic heterocycles. The van der Waals surface area contributed by atoms with Crippen molar-refractivity contribution in [2.75, 3.05) is 26.2 Å². The lowest BCUT2D eigenvalue weighted by atomic mass is 9.87. The number of rotatable bonds is 2. The fourth-order valence-corrected chi connectivity index (χ4v) is 2.09. The van der Waals surface area contributed by atoms with Crippen LogP contribution in [0.15, 0.2) is 0 Å². The second kappa shape index (κ2) is 6.11. The lowest BCUT2D eigenvalue weighted by Crippen LogP contribution is -2.57. The van der Waals surface area contributed by atoms with E-state index < -0.39 is 23.5 Å². The number of nitrogens with zero attached hydrogens (tertiary/aromatic N) is 2. The van der Waals surface area contributed by atoms with Crippen LogP contribution in [0.4, 0.5) is 4.79 Å². The first-order valence-corrected chi connectivity index (χ1v) is 6.66. The number of nitrogens with one attached hydrogen (secondary N) is 1. The van der Waals surface area contributed by atoms with Gasteiger partial charge in [-0.05, 0) is 5.41 Å². The average Bonchev–Trinajstić information content (AvgIpc) is 2.33. The normalized spacial score (nSPS) is 17.6. The molecule has 0 aromatic carbocycles. The zero-order valence-corrected chi connectivity index (χ0v) is 12.5. The monoisotopic (exact) mass is 285 g/mol. The molecule has 1 saturated heterocycles. The number of amides is 3. The van der Waals surface area contributed by atoms with Crippen molar-refractivity contribution in [3.8, 4) is 0 Å². The van der Waals surface area contributed by atoms with E-state index in [4.69, 9.17) is 0 Å². The van der Waals surface area contributed by atoms with Gasteiger partial charge in [-0.1, -0.05) is 20.8 Å². The lowest BCUT2D eigenvalue weighted by molar-refractivity contribution is -0.142. The van der Waals surface area contributed by atoms with Crippen LogP contribution in [-0.4, -0.2) is 65.0 Å². The van der Waals surface area contributed by atoms with Gasteiger partial charge in [-0.15, -0.1) is 0 Å². The van der Waals surface area contributed by atoms with E-state index in [1.54, 1.807) is 30.6 Å². The van der Waals surface area contributed by atoms with Crippen LogP contribution in [0.3, 0.4) is 0 Å². The van der Waals surface area contributed by atoms with Gasteiger partial charge >= 0.3 is 12.0 Å². The zero-order valence-electron chi connectivity index (χ0n) is 12.5. The van der Waals surface area contributed by atoms with Gasteiger partial charge in [0.1, 0.15) is 6.04 Å². The molecular weight excluding hydrogens is 262 g/mol. The first kappa shape index (κ1) is 16.3. The number of carboxylic acids is 1. The zero-order chi connectivity index (χ0) is 15.5. The Balaban J connectivity index is 2.59. The molecule has 1 fully saturated rings. The van der Waals surface area contributed by atoms with Gasteiger partial charge in [-0.25, -0.2) is 9.59 Å². The Morgan fingerprint density at radius 2 is 1.50 bits per heavy atom. The van der Waals surface area contributed by atoms with Gasteiger partial charge in [0, 0.05) is 33.1 Å².